The quantitative estimate of drug-likeness (QED) is 0.452. The molecule has 2 heterocycles. The Morgan fingerprint density at radius 2 is 1.82 bits per heavy atom. The van der Waals surface area contributed by atoms with Crippen LogP contribution >= 0.6 is 11.6 Å². The molecule has 0 aromatic heterocycles. The SMILES string of the molecule is O=C(COC(=O)C=Cc1ccc2c(c1)OCO2)Nc1cc(S(=O)(=O)N2CCCCC2)ccc1Cl. The summed E-state index contributed by atoms with van der Waals surface area (Å²) in [6.45, 7) is 0.505. The third kappa shape index (κ3) is 5.69. The van der Waals surface area contributed by atoms with E-state index in [-0.39, 0.29) is 22.4 Å². The molecule has 0 radical (unpaired) electrons. The van der Waals surface area contributed by atoms with E-state index in [1.54, 1.807) is 18.2 Å². The van der Waals surface area contributed by atoms with Crippen molar-refractivity contribution in [2.45, 2.75) is 24.2 Å². The van der Waals surface area contributed by atoms with Crippen molar-refractivity contribution in [1.29, 1.82) is 0 Å². The maximum atomic E-state index is 12.9. The van der Waals surface area contributed by atoms with E-state index in [2.05, 4.69) is 5.32 Å². The minimum atomic E-state index is -3.69. The summed E-state index contributed by atoms with van der Waals surface area (Å²) in [4.78, 5) is 24.3. The number of hydrogen-bond acceptors (Lipinski definition) is 7. The van der Waals surface area contributed by atoms with Crippen molar-refractivity contribution in [3.63, 3.8) is 0 Å². The van der Waals surface area contributed by atoms with Crippen molar-refractivity contribution >= 4 is 45.3 Å². The van der Waals surface area contributed by atoms with Gasteiger partial charge in [-0.05, 0) is 54.8 Å². The molecular weight excluding hydrogens is 484 g/mol. The lowest BCUT2D eigenvalue weighted by Gasteiger charge is -2.26. The average molecular weight is 507 g/mol. The number of sulfonamides is 1. The highest BCUT2D eigenvalue weighted by Crippen LogP contribution is 2.33. The lowest BCUT2D eigenvalue weighted by Crippen LogP contribution is -2.35. The molecule has 11 heteroatoms. The predicted octanol–water partition coefficient (Wildman–Crippen LogP) is 3.44. The molecule has 1 amide bonds. The molecule has 9 nitrogen and oxygen atoms in total. The molecule has 0 spiro atoms. The first-order chi connectivity index (χ1) is 16.3. The molecule has 2 aromatic rings. The second-order valence-electron chi connectivity index (χ2n) is 7.71. The number of nitrogens with one attached hydrogen (secondary N) is 1. The molecule has 4 rings (SSSR count). The first kappa shape index (κ1) is 24.1. The van der Waals surface area contributed by atoms with Crippen molar-refractivity contribution in [3.05, 3.63) is 53.1 Å². The maximum Gasteiger partial charge on any atom is 0.331 e. The highest BCUT2D eigenvalue weighted by atomic mass is 35.5. The first-order valence-corrected chi connectivity index (χ1v) is 12.5. The van der Waals surface area contributed by atoms with E-state index < -0.39 is 28.5 Å². The summed E-state index contributed by atoms with van der Waals surface area (Å²) in [5.41, 5.74) is 0.820. The Morgan fingerprint density at radius 3 is 2.62 bits per heavy atom. The largest absolute Gasteiger partial charge is 0.454 e. The number of hydrogen-bond donors (Lipinski definition) is 1. The summed E-state index contributed by atoms with van der Waals surface area (Å²) >= 11 is 6.14. The zero-order chi connectivity index (χ0) is 24.1. The molecule has 0 unspecified atom stereocenters. The Bertz CT molecular complexity index is 1220. The van der Waals surface area contributed by atoms with Gasteiger partial charge in [-0.3, -0.25) is 4.79 Å². The van der Waals surface area contributed by atoms with Gasteiger partial charge in [-0.2, -0.15) is 4.31 Å². The van der Waals surface area contributed by atoms with Crippen molar-refractivity contribution in [2.24, 2.45) is 0 Å². The highest BCUT2D eigenvalue weighted by molar-refractivity contribution is 7.89. The zero-order valence-electron chi connectivity index (χ0n) is 18.2. The molecule has 0 aliphatic carbocycles. The molecule has 1 saturated heterocycles. The van der Waals surface area contributed by atoms with Crippen LogP contribution in [0.25, 0.3) is 6.08 Å². The number of rotatable bonds is 7. The Hall–Kier alpha value is -3.08. The summed E-state index contributed by atoms with van der Waals surface area (Å²) in [6, 6.07) is 9.31. The van der Waals surface area contributed by atoms with E-state index in [1.165, 1.54) is 34.7 Å². The van der Waals surface area contributed by atoms with Gasteiger partial charge in [-0.1, -0.05) is 24.1 Å². The van der Waals surface area contributed by atoms with Crippen LogP contribution in [0.2, 0.25) is 5.02 Å². The summed E-state index contributed by atoms with van der Waals surface area (Å²) in [6.07, 6.45) is 5.33. The Kier molecular flexibility index (Phi) is 7.40. The van der Waals surface area contributed by atoms with E-state index in [0.717, 1.165) is 19.3 Å². The van der Waals surface area contributed by atoms with Gasteiger partial charge >= 0.3 is 5.97 Å². The van der Waals surface area contributed by atoms with Crippen LogP contribution in [0.1, 0.15) is 24.8 Å². The number of ether oxygens (including phenoxy) is 3. The van der Waals surface area contributed by atoms with Gasteiger partial charge in [0.1, 0.15) is 0 Å². The summed E-state index contributed by atoms with van der Waals surface area (Å²) in [5, 5.41) is 2.66. The van der Waals surface area contributed by atoms with Crippen LogP contribution in [0.5, 0.6) is 11.5 Å². The van der Waals surface area contributed by atoms with Gasteiger partial charge in [0.05, 0.1) is 15.6 Å². The molecule has 2 aromatic carbocycles. The van der Waals surface area contributed by atoms with Gasteiger partial charge < -0.3 is 19.5 Å². The normalized spacial score (nSPS) is 15.9. The molecule has 180 valence electrons. The molecule has 34 heavy (non-hydrogen) atoms. The Labute approximate surface area is 202 Å². The molecule has 1 fully saturated rings. The van der Waals surface area contributed by atoms with E-state index in [1.807, 2.05) is 0 Å². The fourth-order valence-electron chi connectivity index (χ4n) is 3.57. The minimum absolute atomic E-state index is 0.0396. The van der Waals surface area contributed by atoms with Gasteiger partial charge in [0.2, 0.25) is 16.8 Å². The summed E-state index contributed by atoms with van der Waals surface area (Å²) in [7, 11) is -3.69. The number of carbonyl (C=O) groups excluding carboxylic acids is 2. The van der Waals surface area contributed by atoms with Crippen LogP contribution in [0, 0.1) is 0 Å². The fraction of sp³-hybridized carbons (Fsp3) is 0.304. The molecule has 0 bridgehead atoms. The molecule has 2 aliphatic heterocycles. The number of benzene rings is 2. The number of halogens is 1. The zero-order valence-corrected chi connectivity index (χ0v) is 19.7. The number of fused-ring (bicyclic) bond motifs is 1. The van der Waals surface area contributed by atoms with E-state index in [4.69, 9.17) is 25.8 Å². The maximum absolute atomic E-state index is 12.9. The molecule has 0 atom stereocenters. The minimum Gasteiger partial charge on any atom is -0.454 e. The van der Waals surface area contributed by atoms with Crippen LogP contribution in [0.3, 0.4) is 0 Å². The van der Waals surface area contributed by atoms with Crippen molar-refractivity contribution in [1.82, 2.24) is 4.31 Å². The van der Waals surface area contributed by atoms with E-state index in [0.29, 0.717) is 30.2 Å². The van der Waals surface area contributed by atoms with Crippen molar-refractivity contribution in [2.75, 3.05) is 31.8 Å². The summed E-state index contributed by atoms with van der Waals surface area (Å²) in [5.74, 6) is -0.168. The van der Waals surface area contributed by atoms with Crippen LogP contribution in [0.15, 0.2) is 47.4 Å². The number of amides is 1. The third-order valence-corrected chi connectivity index (χ3v) is 7.54. The van der Waals surface area contributed by atoms with Gasteiger partial charge in [0.15, 0.2) is 18.1 Å². The van der Waals surface area contributed by atoms with Gasteiger partial charge in [0, 0.05) is 19.2 Å². The highest BCUT2D eigenvalue weighted by Gasteiger charge is 2.26. The number of carbonyl (C=O) groups is 2. The number of piperidine rings is 1. The van der Waals surface area contributed by atoms with Crippen LogP contribution in [-0.4, -0.2) is 51.1 Å². The number of nitrogens with zero attached hydrogens (tertiary/aromatic N) is 1. The molecule has 1 N–H and O–H groups in total. The molecule has 2 aliphatic rings. The van der Waals surface area contributed by atoms with Crippen molar-refractivity contribution < 1.29 is 32.2 Å². The fourth-order valence-corrected chi connectivity index (χ4v) is 5.28. The smallest absolute Gasteiger partial charge is 0.331 e. The van der Waals surface area contributed by atoms with Gasteiger partial charge in [0.25, 0.3) is 5.91 Å². The van der Waals surface area contributed by atoms with Gasteiger partial charge in [-0.15, -0.1) is 0 Å². The third-order valence-electron chi connectivity index (χ3n) is 5.32. The Balaban J connectivity index is 1.33. The molecule has 0 saturated carbocycles. The summed E-state index contributed by atoms with van der Waals surface area (Å²) < 4.78 is 42.7. The van der Waals surface area contributed by atoms with Crippen LogP contribution in [-0.2, 0) is 24.3 Å². The standard InChI is InChI=1S/C23H23ClN2O7S/c24-18-7-6-17(34(29,30)26-10-2-1-3-11-26)13-19(18)25-22(27)14-31-23(28)9-5-16-4-8-20-21(12-16)33-15-32-20/h4-9,12-13H,1-3,10-11,14-15H2,(H,25,27). The lowest BCUT2D eigenvalue weighted by atomic mass is 10.2. The Morgan fingerprint density at radius 1 is 1.06 bits per heavy atom. The average Bonchev–Trinajstić information content (AvgIpc) is 3.31. The first-order valence-electron chi connectivity index (χ1n) is 10.7. The van der Waals surface area contributed by atoms with E-state index in [9.17, 15) is 18.0 Å². The topological polar surface area (TPSA) is 111 Å². The van der Waals surface area contributed by atoms with Crippen molar-refractivity contribution in [3.8, 4) is 11.5 Å². The second-order valence-corrected chi connectivity index (χ2v) is 10.1. The monoisotopic (exact) mass is 506 g/mol. The van der Waals surface area contributed by atoms with E-state index >= 15 is 0 Å². The van der Waals surface area contributed by atoms with Gasteiger partial charge in [-0.25, -0.2) is 13.2 Å². The van der Waals surface area contributed by atoms with Crippen LogP contribution < -0.4 is 14.8 Å². The molecular formula is C23H23ClN2O7S. The predicted molar refractivity (Wildman–Crippen MR) is 125 cm³/mol. The lowest BCUT2D eigenvalue weighted by molar-refractivity contribution is -0.142. The number of esters is 1. The second kappa shape index (κ2) is 10.5. The number of anilines is 1. The van der Waals surface area contributed by atoms with Crippen LogP contribution in [0.4, 0.5) is 5.69 Å².